The van der Waals surface area contributed by atoms with Crippen molar-refractivity contribution in [1.29, 1.82) is 0 Å². The molecule has 0 aromatic carbocycles. The Morgan fingerprint density at radius 3 is 2.47 bits per heavy atom. The number of carbonyl (C=O) groups excluding carboxylic acids is 2. The zero-order valence-electron chi connectivity index (χ0n) is 10.3. The number of thiophene rings is 1. The van der Waals surface area contributed by atoms with E-state index in [9.17, 15) is 9.59 Å². The maximum absolute atomic E-state index is 11.9. The van der Waals surface area contributed by atoms with E-state index in [1.165, 1.54) is 16.2 Å². The number of nitrogens with two attached hydrogens (primary N) is 1. The minimum atomic E-state index is -0.575. The molecule has 5 heteroatoms. The molecule has 0 aliphatic carbocycles. The van der Waals surface area contributed by atoms with Crippen LogP contribution in [0.5, 0.6) is 0 Å². The lowest BCUT2D eigenvalue weighted by Crippen LogP contribution is -2.47. The molecule has 1 unspecified atom stereocenters. The largest absolute Gasteiger partial charge is 0.331 e. The molecule has 0 bridgehead atoms. The maximum Gasteiger partial charge on any atom is 0.239 e. The highest BCUT2D eigenvalue weighted by molar-refractivity contribution is 7.12. The Morgan fingerprint density at radius 2 is 2.06 bits per heavy atom. The van der Waals surface area contributed by atoms with Crippen molar-refractivity contribution in [1.82, 2.24) is 4.90 Å². The molecule has 0 saturated heterocycles. The summed E-state index contributed by atoms with van der Waals surface area (Å²) >= 11 is 1.39. The van der Waals surface area contributed by atoms with Crippen molar-refractivity contribution in [2.45, 2.75) is 32.9 Å². The third-order valence-electron chi connectivity index (χ3n) is 2.41. The van der Waals surface area contributed by atoms with Crippen molar-refractivity contribution in [3.05, 3.63) is 22.4 Å². The van der Waals surface area contributed by atoms with Crippen LogP contribution in [0.3, 0.4) is 0 Å². The van der Waals surface area contributed by atoms with Crippen molar-refractivity contribution >= 4 is 23.0 Å². The van der Waals surface area contributed by atoms with Crippen molar-refractivity contribution in [2.75, 3.05) is 6.54 Å². The van der Waals surface area contributed by atoms with Crippen LogP contribution in [0.2, 0.25) is 0 Å². The number of hydrogen-bond acceptors (Lipinski definition) is 4. The Bertz CT molecular complexity index is 385. The summed E-state index contributed by atoms with van der Waals surface area (Å²) < 4.78 is 0. The fourth-order valence-corrected chi connectivity index (χ4v) is 2.10. The summed E-state index contributed by atoms with van der Waals surface area (Å²) in [5.74, 6) is -0.229. The summed E-state index contributed by atoms with van der Waals surface area (Å²) in [7, 11) is 0. The van der Waals surface area contributed by atoms with E-state index in [-0.39, 0.29) is 24.3 Å². The summed E-state index contributed by atoms with van der Waals surface area (Å²) in [6, 6.07) is 2.98. The van der Waals surface area contributed by atoms with Gasteiger partial charge < -0.3 is 10.6 Å². The summed E-state index contributed by atoms with van der Waals surface area (Å²) in [5, 5.41) is 1.85. The molecule has 0 fully saturated rings. The minimum Gasteiger partial charge on any atom is -0.331 e. The van der Waals surface area contributed by atoms with Gasteiger partial charge in [-0.1, -0.05) is 6.07 Å². The highest BCUT2D eigenvalue weighted by atomic mass is 32.1. The molecule has 1 rings (SSSR count). The lowest BCUT2D eigenvalue weighted by Gasteiger charge is -2.27. The normalized spacial score (nSPS) is 12.5. The Hall–Kier alpha value is -1.20. The predicted octanol–water partition coefficient (Wildman–Crippen LogP) is 1.51. The number of amides is 1. The molecule has 1 aromatic heterocycles. The molecule has 0 aliphatic rings. The number of nitrogens with zero attached hydrogens (tertiary/aromatic N) is 1. The zero-order valence-corrected chi connectivity index (χ0v) is 11.2. The van der Waals surface area contributed by atoms with E-state index in [0.717, 1.165) is 0 Å². The Morgan fingerprint density at radius 1 is 1.41 bits per heavy atom. The molecule has 0 spiro atoms. The first kappa shape index (κ1) is 13.9. The van der Waals surface area contributed by atoms with Gasteiger partial charge in [-0.3, -0.25) is 9.59 Å². The van der Waals surface area contributed by atoms with Crippen LogP contribution in [-0.4, -0.2) is 35.2 Å². The Kier molecular flexibility index (Phi) is 4.84. The minimum absolute atomic E-state index is 0.0302. The Balaban J connectivity index is 2.74. The molecular weight excluding hydrogens is 236 g/mol. The van der Waals surface area contributed by atoms with E-state index in [4.69, 9.17) is 5.73 Å². The topological polar surface area (TPSA) is 63.4 Å². The number of Topliss-reactive ketones (excluding diaryl/α,β-unsaturated/α-hetero) is 1. The molecule has 2 N–H and O–H groups in total. The predicted molar refractivity (Wildman–Crippen MR) is 69.1 cm³/mol. The van der Waals surface area contributed by atoms with Crippen LogP contribution in [0, 0.1) is 0 Å². The van der Waals surface area contributed by atoms with Gasteiger partial charge in [-0.2, -0.15) is 0 Å². The first-order valence-corrected chi connectivity index (χ1v) is 6.44. The van der Waals surface area contributed by atoms with Gasteiger partial charge in [-0.15, -0.1) is 11.3 Å². The molecule has 17 heavy (non-hydrogen) atoms. The third kappa shape index (κ3) is 3.64. The molecule has 0 radical (unpaired) electrons. The van der Waals surface area contributed by atoms with Crippen LogP contribution >= 0.6 is 11.3 Å². The van der Waals surface area contributed by atoms with Crippen molar-refractivity contribution in [3.8, 4) is 0 Å². The molecule has 0 saturated carbocycles. The maximum atomic E-state index is 11.9. The van der Waals surface area contributed by atoms with Crippen LogP contribution in [0.1, 0.15) is 30.4 Å². The first-order valence-electron chi connectivity index (χ1n) is 5.56. The standard InChI is InChI=1S/C12H18N2O2S/c1-8(2)14(12(16)9(3)13)7-10(15)11-5-4-6-17-11/h4-6,8-9H,7,13H2,1-3H3. The van der Waals surface area contributed by atoms with E-state index in [1.54, 1.807) is 13.0 Å². The van der Waals surface area contributed by atoms with Gasteiger partial charge in [0.25, 0.3) is 0 Å². The van der Waals surface area contributed by atoms with Gasteiger partial charge in [0.05, 0.1) is 17.5 Å². The third-order valence-corrected chi connectivity index (χ3v) is 3.32. The molecule has 1 heterocycles. The van der Waals surface area contributed by atoms with Gasteiger partial charge in [0, 0.05) is 6.04 Å². The SMILES string of the molecule is CC(N)C(=O)N(CC(=O)c1cccs1)C(C)C. The van der Waals surface area contributed by atoms with Crippen LogP contribution < -0.4 is 5.73 Å². The molecular formula is C12H18N2O2S. The van der Waals surface area contributed by atoms with Crippen LogP contribution in [0.15, 0.2) is 17.5 Å². The monoisotopic (exact) mass is 254 g/mol. The van der Waals surface area contributed by atoms with Crippen LogP contribution in [-0.2, 0) is 4.79 Å². The fourth-order valence-electron chi connectivity index (χ4n) is 1.45. The van der Waals surface area contributed by atoms with Crippen molar-refractivity contribution in [2.24, 2.45) is 5.73 Å². The Labute approximate surface area is 105 Å². The van der Waals surface area contributed by atoms with E-state index < -0.39 is 6.04 Å². The van der Waals surface area contributed by atoms with Crippen molar-refractivity contribution < 1.29 is 9.59 Å². The second kappa shape index (κ2) is 5.93. The fraction of sp³-hybridized carbons (Fsp3) is 0.500. The highest BCUT2D eigenvalue weighted by Gasteiger charge is 2.23. The summed E-state index contributed by atoms with van der Waals surface area (Å²) in [6.07, 6.45) is 0. The zero-order chi connectivity index (χ0) is 13.0. The summed E-state index contributed by atoms with van der Waals surface area (Å²) in [4.78, 5) is 26.0. The second-order valence-electron chi connectivity index (χ2n) is 4.25. The lowest BCUT2D eigenvalue weighted by atomic mass is 10.2. The van der Waals surface area contributed by atoms with E-state index >= 15 is 0 Å². The molecule has 0 aliphatic heterocycles. The summed E-state index contributed by atoms with van der Waals surface area (Å²) in [5.41, 5.74) is 5.57. The van der Waals surface area contributed by atoms with Gasteiger partial charge in [0.15, 0.2) is 5.78 Å². The number of rotatable bonds is 5. The van der Waals surface area contributed by atoms with Crippen molar-refractivity contribution in [3.63, 3.8) is 0 Å². The van der Waals surface area contributed by atoms with Gasteiger partial charge in [0.1, 0.15) is 0 Å². The van der Waals surface area contributed by atoms with Gasteiger partial charge in [-0.25, -0.2) is 0 Å². The van der Waals surface area contributed by atoms with E-state index in [0.29, 0.717) is 4.88 Å². The van der Waals surface area contributed by atoms with E-state index in [1.807, 2.05) is 25.3 Å². The number of ketones is 1. The quantitative estimate of drug-likeness (QED) is 0.810. The number of carbonyl (C=O) groups is 2. The lowest BCUT2D eigenvalue weighted by molar-refractivity contribution is -0.133. The van der Waals surface area contributed by atoms with Crippen LogP contribution in [0.4, 0.5) is 0 Å². The number of hydrogen-bond donors (Lipinski definition) is 1. The van der Waals surface area contributed by atoms with Gasteiger partial charge >= 0.3 is 0 Å². The molecule has 1 amide bonds. The van der Waals surface area contributed by atoms with Crippen LogP contribution in [0.25, 0.3) is 0 Å². The average Bonchev–Trinajstić information content (AvgIpc) is 2.77. The van der Waals surface area contributed by atoms with Gasteiger partial charge in [0.2, 0.25) is 5.91 Å². The molecule has 4 nitrogen and oxygen atoms in total. The molecule has 94 valence electrons. The highest BCUT2D eigenvalue weighted by Crippen LogP contribution is 2.11. The molecule has 1 atom stereocenters. The first-order chi connectivity index (χ1) is 7.93. The average molecular weight is 254 g/mol. The van der Waals surface area contributed by atoms with E-state index in [2.05, 4.69) is 0 Å². The summed E-state index contributed by atoms with van der Waals surface area (Å²) in [6.45, 7) is 5.48. The second-order valence-corrected chi connectivity index (χ2v) is 5.20. The van der Waals surface area contributed by atoms with Gasteiger partial charge in [-0.05, 0) is 32.2 Å². The smallest absolute Gasteiger partial charge is 0.239 e. The molecule has 1 aromatic rings.